The van der Waals surface area contributed by atoms with E-state index in [0.717, 1.165) is 55.7 Å². The van der Waals surface area contributed by atoms with E-state index in [2.05, 4.69) is 20.5 Å². The van der Waals surface area contributed by atoms with Crippen LogP contribution in [0.25, 0.3) is 22.0 Å². The van der Waals surface area contributed by atoms with Gasteiger partial charge in [0.15, 0.2) is 0 Å². The lowest BCUT2D eigenvalue weighted by molar-refractivity contribution is -0.192. The fourth-order valence-corrected chi connectivity index (χ4v) is 3.72. The molecule has 0 aliphatic carbocycles. The molecular formula is C25H27F3N4O4. The summed E-state index contributed by atoms with van der Waals surface area (Å²) >= 11 is 0. The molecule has 1 fully saturated rings. The Morgan fingerprint density at radius 3 is 2.47 bits per heavy atom. The second-order valence-electron chi connectivity index (χ2n) is 8.16. The Morgan fingerprint density at radius 1 is 1.06 bits per heavy atom. The van der Waals surface area contributed by atoms with Crippen molar-refractivity contribution in [3.63, 3.8) is 0 Å². The normalized spacial score (nSPS) is 14.1. The van der Waals surface area contributed by atoms with Crippen LogP contribution in [0, 0.1) is 0 Å². The molecule has 0 radical (unpaired) electrons. The fraction of sp³-hybridized carbons (Fsp3) is 0.320. The zero-order valence-corrected chi connectivity index (χ0v) is 19.4. The van der Waals surface area contributed by atoms with Crippen molar-refractivity contribution in [2.24, 2.45) is 0 Å². The Labute approximate surface area is 205 Å². The number of aliphatic carboxylic acids is 1. The standard InChI is InChI=1S/C23H26N4O2.C2HF3O2/c28-21-16-20(15-18-6-2-7-25-22(18)21)17-4-1-5-19(14-17)23(29)26-8-3-11-27-12-9-24-10-13-27;3-2(4,5)1(6)7/h1-2,4-7,14-16,24,28H,3,8-13H2,(H,26,29);(H,6,7). The van der Waals surface area contributed by atoms with Crippen molar-refractivity contribution in [1.82, 2.24) is 20.5 Å². The highest BCUT2D eigenvalue weighted by atomic mass is 19.4. The molecule has 2 aromatic carbocycles. The van der Waals surface area contributed by atoms with Crippen molar-refractivity contribution in [2.45, 2.75) is 12.6 Å². The summed E-state index contributed by atoms with van der Waals surface area (Å²) < 4.78 is 31.7. The summed E-state index contributed by atoms with van der Waals surface area (Å²) in [5.74, 6) is -2.69. The minimum atomic E-state index is -5.08. The van der Waals surface area contributed by atoms with Crippen LogP contribution in [0.2, 0.25) is 0 Å². The highest BCUT2D eigenvalue weighted by Crippen LogP contribution is 2.30. The van der Waals surface area contributed by atoms with Crippen LogP contribution in [0.4, 0.5) is 13.2 Å². The molecule has 0 bridgehead atoms. The number of carbonyl (C=O) groups is 2. The number of hydrogen-bond donors (Lipinski definition) is 4. The monoisotopic (exact) mass is 504 g/mol. The van der Waals surface area contributed by atoms with Gasteiger partial charge in [0.1, 0.15) is 11.3 Å². The van der Waals surface area contributed by atoms with E-state index in [1.165, 1.54) is 0 Å². The first-order valence-corrected chi connectivity index (χ1v) is 11.3. The van der Waals surface area contributed by atoms with E-state index in [0.29, 0.717) is 17.6 Å². The predicted molar refractivity (Wildman–Crippen MR) is 129 cm³/mol. The van der Waals surface area contributed by atoms with Gasteiger partial charge in [0, 0.05) is 49.9 Å². The number of carbonyl (C=O) groups excluding carboxylic acids is 1. The van der Waals surface area contributed by atoms with Gasteiger partial charge in [-0.2, -0.15) is 13.2 Å². The number of alkyl halides is 3. The smallest absolute Gasteiger partial charge is 0.490 e. The van der Waals surface area contributed by atoms with Crippen molar-refractivity contribution in [3.8, 4) is 16.9 Å². The molecule has 0 saturated carbocycles. The number of aromatic hydroxyl groups is 1. The van der Waals surface area contributed by atoms with E-state index < -0.39 is 12.1 Å². The number of aromatic nitrogens is 1. The molecule has 2 heterocycles. The van der Waals surface area contributed by atoms with Crippen molar-refractivity contribution in [3.05, 3.63) is 60.3 Å². The summed E-state index contributed by atoms with van der Waals surface area (Å²) in [6.07, 6.45) is -2.48. The number of pyridine rings is 1. The molecule has 8 nitrogen and oxygen atoms in total. The number of nitrogens with zero attached hydrogens (tertiary/aromatic N) is 2. The lowest BCUT2D eigenvalue weighted by Crippen LogP contribution is -2.44. The van der Waals surface area contributed by atoms with Gasteiger partial charge in [0.25, 0.3) is 5.91 Å². The molecule has 0 atom stereocenters. The highest BCUT2D eigenvalue weighted by Gasteiger charge is 2.38. The topological polar surface area (TPSA) is 115 Å². The second-order valence-corrected chi connectivity index (χ2v) is 8.16. The SMILES string of the molecule is O=C(NCCCN1CCNCC1)c1cccc(-c2cc(O)c3ncccc3c2)c1.O=C(O)C(F)(F)F. The Bertz CT molecular complexity index is 1200. The van der Waals surface area contributed by atoms with Crippen LogP contribution >= 0.6 is 0 Å². The molecule has 1 aliphatic rings. The van der Waals surface area contributed by atoms with Crippen molar-refractivity contribution < 1.29 is 33.0 Å². The maximum Gasteiger partial charge on any atom is 0.490 e. The summed E-state index contributed by atoms with van der Waals surface area (Å²) in [5, 5.41) is 24.6. The number of phenols is 1. The number of carboxylic acids is 1. The number of nitrogens with one attached hydrogen (secondary N) is 2. The first-order chi connectivity index (χ1) is 17.1. The third-order valence-electron chi connectivity index (χ3n) is 5.53. The maximum absolute atomic E-state index is 12.6. The fourth-order valence-electron chi connectivity index (χ4n) is 3.72. The number of hydrogen-bond acceptors (Lipinski definition) is 6. The zero-order valence-electron chi connectivity index (χ0n) is 19.4. The third-order valence-corrected chi connectivity index (χ3v) is 5.53. The molecule has 192 valence electrons. The van der Waals surface area contributed by atoms with Crippen LogP contribution in [-0.4, -0.2) is 77.4 Å². The molecule has 3 aromatic rings. The van der Waals surface area contributed by atoms with Gasteiger partial charge in [0.05, 0.1) is 0 Å². The second kappa shape index (κ2) is 12.3. The van der Waals surface area contributed by atoms with E-state index in [4.69, 9.17) is 9.90 Å². The molecule has 1 aliphatic heterocycles. The minimum Gasteiger partial charge on any atom is -0.506 e. The van der Waals surface area contributed by atoms with E-state index >= 15 is 0 Å². The Morgan fingerprint density at radius 2 is 1.78 bits per heavy atom. The van der Waals surface area contributed by atoms with Crippen LogP contribution in [-0.2, 0) is 4.79 Å². The Hall–Kier alpha value is -3.70. The molecular weight excluding hydrogens is 477 g/mol. The molecule has 1 aromatic heterocycles. The van der Waals surface area contributed by atoms with Crippen LogP contribution in [0.1, 0.15) is 16.8 Å². The van der Waals surface area contributed by atoms with Gasteiger partial charge >= 0.3 is 12.1 Å². The lowest BCUT2D eigenvalue weighted by atomic mass is 10.0. The molecule has 0 spiro atoms. The van der Waals surface area contributed by atoms with Crippen LogP contribution in [0.15, 0.2) is 54.7 Å². The summed E-state index contributed by atoms with van der Waals surface area (Å²) in [6.45, 7) is 5.90. The first-order valence-electron chi connectivity index (χ1n) is 11.3. The van der Waals surface area contributed by atoms with E-state index in [9.17, 15) is 23.1 Å². The van der Waals surface area contributed by atoms with Gasteiger partial charge in [-0.25, -0.2) is 4.79 Å². The summed E-state index contributed by atoms with van der Waals surface area (Å²) in [6, 6.07) is 14.9. The van der Waals surface area contributed by atoms with E-state index in [1.54, 1.807) is 12.3 Å². The molecule has 1 saturated heterocycles. The molecule has 36 heavy (non-hydrogen) atoms. The molecule has 4 rings (SSSR count). The molecule has 0 unspecified atom stereocenters. The molecule has 11 heteroatoms. The largest absolute Gasteiger partial charge is 0.506 e. The third kappa shape index (κ3) is 7.65. The van der Waals surface area contributed by atoms with Gasteiger partial charge in [-0.1, -0.05) is 18.2 Å². The molecule has 1 amide bonds. The lowest BCUT2D eigenvalue weighted by Gasteiger charge is -2.27. The number of piperazine rings is 1. The Balaban J connectivity index is 0.000000454. The number of halogens is 3. The number of benzene rings is 2. The van der Waals surface area contributed by atoms with Crippen LogP contribution in [0.5, 0.6) is 5.75 Å². The van der Waals surface area contributed by atoms with Gasteiger partial charge < -0.3 is 25.7 Å². The minimum absolute atomic E-state index is 0.0705. The van der Waals surface area contributed by atoms with E-state index in [-0.39, 0.29) is 11.7 Å². The Kier molecular flexibility index (Phi) is 9.20. The highest BCUT2D eigenvalue weighted by molar-refractivity contribution is 5.96. The first kappa shape index (κ1) is 26.9. The molecule has 4 N–H and O–H groups in total. The van der Waals surface area contributed by atoms with Crippen LogP contribution < -0.4 is 10.6 Å². The average Bonchev–Trinajstić information content (AvgIpc) is 2.87. The van der Waals surface area contributed by atoms with Gasteiger partial charge in [0.2, 0.25) is 0 Å². The van der Waals surface area contributed by atoms with Gasteiger partial charge in [-0.3, -0.25) is 9.78 Å². The zero-order chi connectivity index (χ0) is 26.1. The van der Waals surface area contributed by atoms with Gasteiger partial charge in [-0.05, 0) is 54.4 Å². The predicted octanol–water partition coefficient (Wildman–Crippen LogP) is 3.27. The number of carboxylic acid groups (broad SMARTS) is 1. The van der Waals surface area contributed by atoms with Gasteiger partial charge in [-0.15, -0.1) is 0 Å². The number of amides is 1. The summed E-state index contributed by atoms with van der Waals surface area (Å²) in [7, 11) is 0. The number of phenolic OH excluding ortho intramolecular Hbond substituents is 1. The van der Waals surface area contributed by atoms with Crippen molar-refractivity contribution in [1.29, 1.82) is 0 Å². The number of fused-ring (bicyclic) bond motifs is 1. The van der Waals surface area contributed by atoms with Crippen molar-refractivity contribution in [2.75, 3.05) is 39.3 Å². The maximum atomic E-state index is 12.6. The quantitative estimate of drug-likeness (QED) is 0.381. The summed E-state index contributed by atoms with van der Waals surface area (Å²) in [5.41, 5.74) is 2.95. The average molecular weight is 505 g/mol. The van der Waals surface area contributed by atoms with E-state index in [1.807, 2.05) is 42.5 Å². The number of rotatable bonds is 6. The summed E-state index contributed by atoms with van der Waals surface area (Å²) in [4.78, 5) is 28.1. The van der Waals surface area contributed by atoms with Crippen molar-refractivity contribution >= 4 is 22.8 Å². The van der Waals surface area contributed by atoms with Crippen LogP contribution in [0.3, 0.4) is 0 Å².